The fourth-order valence-electron chi connectivity index (χ4n) is 11.9. The lowest BCUT2D eigenvalue weighted by atomic mass is 10.1. The van der Waals surface area contributed by atoms with E-state index in [0.29, 0.717) is 51.4 Å². The Kier molecular flexibility index (Phi) is 65.2. The molecule has 24 nitrogen and oxygen atoms in total. The summed E-state index contributed by atoms with van der Waals surface area (Å²) in [5.41, 5.74) is 0.110. The molecule has 0 aliphatic rings. The van der Waals surface area contributed by atoms with Crippen molar-refractivity contribution in [1.29, 1.82) is 0 Å². The Balaban J connectivity index is 2.99. The van der Waals surface area contributed by atoms with Crippen molar-refractivity contribution in [2.24, 2.45) is 0 Å². The Morgan fingerprint density at radius 3 is 1.07 bits per heavy atom. The van der Waals surface area contributed by atoms with E-state index in [9.17, 15) is 57.9 Å². The minimum Gasteiger partial charge on any atom is -0.462 e. The molecule has 26 heteroatoms. The van der Waals surface area contributed by atoms with Crippen molar-refractivity contribution in [3.05, 3.63) is 59.7 Å². The number of nitrogens with one attached hydrogen (secondary N) is 4. The predicted octanol–water partition coefficient (Wildman–Crippen LogP) is 17.4. The molecule has 8 N–H and O–H groups in total. The summed E-state index contributed by atoms with van der Waals surface area (Å²) < 4.78 is 71.1. The normalized spacial score (nSPS) is 14.5. The Labute approximate surface area is 650 Å². The van der Waals surface area contributed by atoms with Crippen LogP contribution in [0.25, 0.3) is 0 Å². The van der Waals surface area contributed by atoms with Gasteiger partial charge in [-0.25, -0.2) is 9.13 Å². The van der Waals surface area contributed by atoms with Crippen molar-refractivity contribution in [2.75, 3.05) is 65.9 Å². The van der Waals surface area contributed by atoms with Gasteiger partial charge >= 0.3 is 27.6 Å². The molecule has 108 heavy (non-hydrogen) atoms. The summed E-state index contributed by atoms with van der Waals surface area (Å²) in [7, 11) is -9.61. The first-order valence-electron chi connectivity index (χ1n) is 41.9. The zero-order chi connectivity index (χ0) is 79.4. The first-order valence-corrected chi connectivity index (χ1v) is 44.9. The molecule has 0 spiro atoms. The van der Waals surface area contributed by atoms with Crippen LogP contribution < -0.4 is 21.3 Å². The number of allylic oxidation sites excluding steroid dienone is 4. The number of ether oxygens (including phenoxy) is 4. The van der Waals surface area contributed by atoms with E-state index in [1.807, 2.05) is 0 Å². The zero-order valence-electron chi connectivity index (χ0n) is 67.5. The molecular weight excluding hydrogens is 1420 g/mol. The number of benzene rings is 1. The molecule has 0 radical (unpaired) electrons. The van der Waals surface area contributed by atoms with Gasteiger partial charge in [0.1, 0.15) is 12.2 Å². The monoisotopic (exact) mass is 1570 g/mol. The Bertz CT molecular complexity index is 2430. The van der Waals surface area contributed by atoms with E-state index in [-0.39, 0.29) is 88.3 Å². The summed E-state index contributed by atoms with van der Waals surface area (Å²) in [6.45, 7) is 10.4. The number of rotatable bonds is 76. The van der Waals surface area contributed by atoms with Gasteiger partial charge in [0, 0.05) is 50.3 Å². The number of phosphoric ester groups is 2. The number of hydrogen-bond acceptors (Lipinski definition) is 18. The van der Waals surface area contributed by atoms with E-state index in [4.69, 9.17) is 37.0 Å². The van der Waals surface area contributed by atoms with Crippen LogP contribution in [0, 0.1) is 0 Å². The average Bonchev–Trinajstić information content (AvgIpc) is 0.867. The number of aliphatic hydroxyl groups is 2. The summed E-state index contributed by atoms with van der Waals surface area (Å²) >= 11 is 0. The number of esters is 2. The minimum absolute atomic E-state index is 0.0548. The van der Waals surface area contributed by atoms with Crippen LogP contribution in [-0.4, -0.2) is 158 Å². The van der Waals surface area contributed by atoms with Gasteiger partial charge in [0.05, 0.1) is 76.8 Å². The number of carbonyl (C=O) groups excluding carboxylic acids is 6. The molecule has 1 rings (SSSR count). The number of hydrogen-bond donors (Lipinski definition) is 8. The first-order chi connectivity index (χ1) is 52.2. The molecule has 1 aromatic rings. The molecule has 0 aliphatic carbocycles. The van der Waals surface area contributed by atoms with Gasteiger partial charge in [0.2, 0.25) is 11.8 Å². The van der Waals surface area contributed by atoms with E-state index in [2.05, 4.69) is 87.1 Å². The molecule has 0 saturated heterocycles. The highest BCUT2D eigenvalue weighted by molar-refractivity contribution is 7.47. The highest BCUT2D eigenvalue weighted by Crippen LogP contribution is 2.44. The Hall–Kier alpha value is -4.42. The summed E-state index contributed by atoms with van der Waals surface area (Å²) in [6.07, 6.45) is 43.5. The van der Waals surface area contributed by atoms with Crippen LogP contribution in [0.1, 0.15) is 345 Å². The summed E-state index contributed by atoms with van der Waals surface area (Å²) in [4.78, 5) is 102. The van der Waals surface area contributed by atoms with Gasteiger partial charge in [-0.05, 0) is 121 Å². The maximum atomic E-state index is 13.7. The van der Waals surface area contributed by atoms with Crippen molar-refractivity contribution in [3.8, 4) is 0 Å². The third kappa shape index (κ3) is 61.2. The van der Waals surface area contributed by atoms with Gasteiger partial charge in [0.25, 0.3) is 11.8 Å². The van der Waals surface area contributed by atoms with E-state index >= 15 is 0 Å². The molecule has 0 aliphatic heterocycles. The molecule has 0 saturated carbocycles. The van der Waals surface area contributed by atoms with Crippen LogP contribution in [0.4, 0.5) is 0 Å². The molecule has 626 valence electrons. The molecule has 0 aromatic heterocycles. The van der Waals surface area contributed by atoms with Crippen molar-refractivity contribution < 1.29 is 94.9 Å². The third-order valence-corrected chi connectivity index (χ3v) is 20.3. The predicted molar refractivity (Wildman–Crippen MR) is 427 cm³/mol. The molecule has 0 bridgehead atoms. The standard InChI is InChI=1S/C82H148N4O20P2/c1-7-13-19-25-27-29-31-37-43-52-79(91)105-75(50-41-35-23-17-11-5)63-77(89)85-71(65-99-58-54-73(87)48-39-33-21-15-9-3)67-103-107(95,96)101-60-56-83-81(93)69-46-45-47-70(62-69)82(94)84-57-61-102-108(97,98)104-68-72(66-100-59-55-74(88)49-40-34-22-16-10-4)86-78(90)64-76(51-42-36-24-18-12-6)106-80(92)53-44-38-32-30-28-26-20-14-8-2/h29-32,45-47,62,71-76,87-88H,7-28,33-44,48-61,63-68H2,1-6H3,(H,83,93)(H,84,94)(H,85,89)(H,86,90)(H,95,96)(H,97,98)/t71?,72?,73?,74?,75-,76-/m1/s1. The smallest absolute Gasteiger partial charge is 0.462 e. The van der Waals surface area contributed by atoms with E-state index in [0.717, 1.165) is 167 Å². The fourth-order valence-corrected chi connectivity index (χ4v) is 13.4. The maximum absolute atomic E-state index is 13.7. The Morgan fingerprint density at radius 2 is 0.722 bits per heavy atom. The van der Waals surface area contributed by atoms with Crippen LogP contribution >= 0.6 is 15.6 Å². The third-order valence-electron chi connectivity index (χ3n) is 18.4. The van der Waals surface area contributed by atoms with Gasteiger partial charge in [-0.2, -0.15) is 0 Å². The quantitative estimate of drug-likeness (QED) is 0.0130. The van der Waals surface area contributed by atoms with Crippen LogP contribution in [0.2, 0.25) is 0 Å². The lowest BCUT2D eigenvalue weighted by Crippen LogP contribution is -2.43. The largest absolute Gasteiger partial charge is 0.472 e. The van der Waals surface area contributed by atoms with Crippen LogP contribution in [-0.2, 0) is 65.4 Å². The van der Waals surface area contributed by atoms with Gasteiger partial charge in [-0.15, -0.1) is 0 Å². The summed E-state index contributed by atoms with van der Waals surface area (Å²) in [6, 6.07) is 3.75. The SMILES string of the molecule is CCCCCCC=CCCCC(=O)O[C@H](CCCCCCC)CC(=O)NC(COCCC(O)CCCCCCC)COP(=O)(O)OCCNC(=O)c1cccc(C(=O)NCCOP(=O)(O)OCC(COCCC(O)CCCCCCC)NC(=O)C[C@@H](CCCCCCC)OC(=O)CCCC=CCCCCCC)c1. The molecule has 1 aromatic carbocycles. The first kappa shape index (κ1) is 102. The van der Waals surface area contributed by atoms with E-state index in [1.54, 1.807) is 0 Å². The van der Waals surface area contributed by atoms with Crippen molar-refractivity contribution >= 4 is 51.2 Å². The van der Waals surface area contributed by atoms with E-state index < -0.39 is 102 Å². The minimum atomic E-state index is -4.80. The lowest BCUT2D eigenvalue weighted by Gasteiger charge is -2.23. The number of amides is 4. The molecular formula is C82H148N4O20P2. The second-order valence-corrected chi connectivity index (χ2v) is 31.6. The molecule has 0 heterocycles. The van der Waals surface area contributed by atoms with Gasteiger partial charge in [-0.3, -0.25) is 46.9 Å². The molecule has 4 amide bonds. The molecule has 6 unspecified atom stereocenters. The van der Waals surface area contributed by atoms with Crippen molar-refractivity contribution in [2.45, 2.75) is 361 Å². The highest BCUT2D eigenvalue weighted by Gasteiger charge is 2.29. The topological polar surface area (TPSA) is 339 Å². The van der Waals surface area contributed by atoms with Crippen LogP contribution in [0.15, 0.2) is 48.6 Å². The van der Waals surface area contributed by atoms with Gasteiger partial charge in [0.15, 0.2) is 0 Å². The van der Waals surface area contributed by atoms with Crippen LogP contribution in [0.3, 0.4) is 0 Å². The second-order valence-electron chi connectivity index (χ2n) is 28.7. The Morgan fingerprint density at radius 1 is 0.398 bits per heavy atom. The van der Waals surface area contributed by atoms with Crippen molar-refractivity contribution in [3.63, 3.8) is 0 Å². The highest BCUT2D eigenvalue weighted by atomic mass is 31.2. The van der Waals surface area contributed by atoms with Gasteiger partial charge in [-0.1, -0.05) is 226 Å². The second kappa shape index (κ2) is 69.3. The van der Waals surface area contributed by atoms with Crippen LogP contribution in [0.5, 0.6) is 0 Å². The number of unbranched alkanes of at least 4 members (excludes halogenated alkanes) is 26. The number of carbonyl (C=O) groups is 6. The van der Waals surface area contributed by atoms with Crippen molar-refractivity contribution in [1.82, 2.24) is 21.3 Å². The molecule has 0 fully saturated rings. The number of phosphoric acid groups is 2. The fraction of sp³-hybridized carbons (Fsp3) is 0.805. The maximum Gasteiger partial charge on any atom is 0.472 e. The average molecular weight is 1570 g/mol. The van der Waals surface area contributed by atoms with E-state index in [1.165, 1.54) is 62.8 Å². The number of aliphatic hydroxyl groups excluding tert-OH is 2. The molecule has 8 atom stereocenters. The van der Waals surface area contributed by atoms with Gasteiger partial charge < -0.3 is 60.2 Å². The summed E-state index contributed by atoms with van der Waals surface area (Å²) in [5, 5.41) is 32.0. The lowest BCUT2D eigenvalue weighted by molar-refractivity contribution is -0.152. The summed E-state index contributed by atoms with van der Waals surface area (Å²) in [5.74, 6) is -3.03. The zero-order valence-corrected chi connectivity index (χ0v) is 69.3.